The van der Waals surface area contributed by atoms with Crippen LogP contribution in [0.25, 0.3) is 0 Å². The third-order valence-corrected chi connectivity index (χ3v) is 10.0. The smallest absolute Gasteiger partial charge is 0.365 e. The van der Waals surface area contributed by atoms with Gasteiger partial charge < -0.3 is 26.6 Å². The van der Waals surface area contributed by atoms with Crippen molar-refractivity contribution in [3.05, 3.63) is 11.4 Å². The van der Waals surface area contributed by atoms with Crippen LogP contribution in [0, 0.1) is 0 Å². The minimum Gasteiger partial charge on any atom is -0.365 e. The summed E-state index contributed by atoms with van der Waals surface area (Å²) in [5.41, 5.74) is 0.829. The molecule has 0 aromatic carbocycles. The Morgan fingerprint density at radius 1 is 0.294 bits per heavy atom. The lowest BCUT2D eigenvalue weighted by molar-refractivity contribution is -0.0717. The zero-order valence-electron chi connectivity index (χ0n) is 25.6. The van der Waals surface area contributed by atoms with Gasteiger partial charge in [-0.1, -0.05) is 0 Å². The highest BCUT2D eigenvalue weighted by atomic mass is 28.4. The van der Waals surface area contributed by atoms with Gasteiger partial charge in [-0.3, -0.25) is 0 Å². The topological polar surface area (TPSA) is 55.4 Å². The number of hydrogen-bond acceptors (Lipinski definition) is 6. The minimum absolute atomic E-state index is 0.502. The molecule has 0 aliphatic heterocycles. The van der Waals surface area contributed by atoms with E-state index in [9.17, 15) is 0 Å². The van der Waals surface area contributed by atoms with Crippen molar-refractivity contribution in [1.82, 2.24) is 0 Å². The molecule has 0 aromatic rings. The molecular formula is C26H56O6Si2. The lowest BCUT2D eigenvalue weighted by Crippen LogP contribution is -2.59. The van der Waals surface area contributed by atoms with E-state index >= 15 is 0 Å². The van der Waals surface area contributed by atoms with Crippen LogP contribution in [-0.4, -0.2) is 51.2 Å². The van der Waals surface area contributed by atoms with E-state index in [1.54, 1.807) is 0 Å². The number of rotatable bonds is 8. The van der Waals surface area contributed by atoms with Gasteiger partial charge in [0.15, 0.2) is 0 Å². The largest absolute Gasteiger partial charge is 0.530 e. The first-order chi connectivity index (χ1) is 14.4. The van der Waals surface area contributed by atoms with Gasteiger partial charge in [-0.25, -0.2) is 0 Å². The average Bonchev–Trinajstić information content (AvgIpc) is 2.32. The van der Waals surface area contributed by atoms with Crippen LogP contribution in [-0.2, 0) is 26.6 Å². The molecular weight excluding hydrogens is 464 g/mol. The summed E-state index contributed by atoms with van der Waals surface area (Å²) in [4.78, 5) is 0. The first kappa shape index (κ1) is 33.9. The molecule has 8 heteroatoms. The summed E-state index contributed by atoms with van der Waals surface area (Å²) in [5.74, 6) is 0. The van der Waals surface area contributed by atoms with E-state index in [-0.39, 0.29) is 0 Å². The van der Waals surface area contributed by atoms with Crippen LogP contribution in [0.4, 0.5) is 0 Å². The van der Waals surface area contributed by atoms with Gasteiger partial charge in [-0.15, -0.1) is 0 Å². The van der Waals surface area contributed by atoms with Crippen molar-refractivity contribution >= 4 is 17.6 Å². The molecule has 204 valence electrons. The molecule has 0 aliphatic rings. The fourth-order valence-corrected chi connectivity index (χ4v) is 10.5. The van der Waals surface area contributed by atoms with Crippen molar-refractivity contribution < 1.29 is 26.6 Å². The molecule has 0 bridgehead atoms. The standard InChI is InChI=1S/C26H56O6Si2/c1-21(2,3)27-33(28-22(4,5)6,29-23(7,8)9)19-20-34(30-24(10,11)12,31-25(13,14)15)32-26(16,17)18/h19-20H,1-18H3. The first-order valence-electron chi connectivity index (χ1n) is 12.4. The minimum atomic E-state index is -3.42. The Balaban J connectivity index is 7.06. The SMILES string of the molecule is CC(C)(C)O[Si](C=C[Si](OC(C)(C)C)(OC(C)(C)C)OC(C)(C)C)(OC(C)(C)C)OC(C)(C)C. The van der Waals surface area contributed by atoms with Gasteiger partial charge in [0.2, 0.25) is 0 Å². The fourth-order valence-electron chi connectivity index (χ4n) is 3.09. The van der Waals surface area contributed by atoms with Crippen molar-refractivity contribution in [2.45, 2.75) is 158 Å². The second kappa shape index (κ2) is 10.7. The predicted molar refractivity (Wildman–Crippen MR) is 146 cm³/mol. The highest BCUT2D eigenvalue weighted by Gasteiger charge is 2.53. The van der Waals surface area contributed by atoms with Gasteiger partial charge >= 0.3 is 17.6 Å². The summed E-state index contributed by atoms with van der Waals surface area (Å²) in [6.45, 7) is 36.1. The summed E-state index contributed by atoms with van der Waals surface area (Å²) >= 11 is 0. The molecule has 0 saturated carbocycles. The van der Waals surface area contributed by atoms with Gasteiger partial charge in [-0.2, -0.15) is 0 Å². The van der Waals surface area contributed by atoms with Crippen LogP contribution in [0.5, 0.6) is 0 Å². The van der Waals surface area contributed by atoms with Gasteiger partial charge in [0, 0.05) is 0 Å². The Morgan fingerprint density at radius 3 is 0.500 bits per heavy atom. The summed E-state index contributed by atoms with van der Waals surface area (Å²) < 4.78 is 39.8. The molecule has 0 aromatic heterocycles. The highest BCUT2D eigenvalue weighted by molar-refractivity contribution is 6.72. The van der Waals surface area contributed by atoms with E-state index in [4.69, 9.17) is 26.6 Å². The molecule has 0 N–H and O–H groups in total. The Hall–Kier alpha value is -0.0662. The van der Waals surface area contributed by atoms with Crippen LogP contribution >= 0.6 is 0 Å². The molecule has 0 rings (SSSR count). The summed E-state index contributed by atoms with van der Waals surface area (Å²) in [7, 11) is -6.85. The van der Waals surface area contributed by atoms with E-state index in [1.807, 2.05) is 136 Å². The van der Waals surface area contributed by atoms with Crippen LogP contribution < -0.4 is 0 Å². The zero-order chi connectivity index (χ0) is 27.7. The molecule has 0 unspecified atom stereocenters. The third kappa shape index (κ3) is 16.6. The normalized spacial score (nSPS) is 15.9. The Kier molecular flexibility index (Phi) is 10.7. The van der Waals surface area contributed by atoms with Gasteiger partial charge in [0.05, 0.1) is 33.6 Å². The number of hydrogen-bond donors (Lipinski definition) is 0. The molecule has 0 spiro atoms. The van der Waals surface area contributed by atoms with Crippen molar-refractivity contribution in [2.24, 2.45) is 0 Å². The first-order valence-corrected chi connectivity index (χ1v) is 16.0. The van der Waals surface area contributed by atoms with Gasteiger partial charge in [0.1, 0.15) is 0 Å². The summed E-state index contributed by atoms with van der Waals surface area (Å²) in [6.07, 6.45) is 0. The predicted octanol–water partition coefficient (Wildman–Crippen LogP) is 7.39. The van der Waals surface area contributed by atoms with E-state index in [0.717, 1.165) is 0 Å². The molecule has 0 atom stereocenters. The Labute approximate surface area is 213 Å². The molecule has 0 saturated heterocycles. The fraction of sp³-hybridized carbons (Fsp3) is 0.923. The molecule has 0 heterocycles. The summed E-state index contributed by atoms with van der Waals surface area (Å²) in [6, 6.07) is 0. The van der Waals surface area contributed by atoms with E-state index < -0.39 is 51.2 Å². The van der Waals surface area contributed by atoms with Gasteiger partial charge in [0.25, 0.3) is 0 Å². The van der Waals surface area contributed by atoms with Crippen LogP contribution in [0.1, 0.15) is 125 Å². The van der Waals surface area contributed by atoms with Crippen molar-refractivity contribution in [2.75, 3.05) is 0 Å². The molecule has 34 heavy (non-hydrogen) atoms. The summed E-state index contributed by atoms with van der Waals surface area (Å²) in [5, 5.41) is 0. The van der Waals surface area contributed by atoms with E-state index in [1.165, 1.54) is 0 Å². The van der Waals surface area contributed by atoms with Crippen LogP contribution in [0.15, 0.2) is 11.4 Å². The lowest BCUT2D eigenvalue weighted by Gasteiger charge is -2.43. The molecule has 0 fully saturated rings. The maximum Gasteiger partial charge on any atom is 0.530 e. The van der Waals surface area contributed by atoms with E-state index in [2.05, 4.69) is 0 Å². The molecule has 6 nitrogen and oxygen atoms in total. The van der Waals surface area contributed by atoms with Crippen molar-refractivity contribution in [3.8, 4) is 0 Å². The molecule has 0 aliphatic carbocycles. The van der Waals surface area contributed by atoms with Crippen molar-refractivity contribution in [3.63, 3.8) is 0 Å². The maximum absolute atomic E-state index is 6.63. The second-order valence-electron chi connectivity index (χ2n) is 14.8. The quantitative estimate of drug-likeness (QED) is 0.311. The monoisotopic (exact) mass is 520 g/mol. The maximum atomic E-state index is 6.63. The van der Waals surface area contributed by atoms with E-state index in [0.29, 0.717) is 0 Å². The average molecular weight is 521 g/mol. The van der Waals surface area contributed by atoms with Crippen LogP contribution in [0.3, 0.4) is 0 Å². The Morgan fingerprint density at radius 2 is 0.412 bits per heavy atom. The lowest BCUT2D eigenvalue weighted by atomic mass is 10.2. The Bertz CT molecular complexity index is 523. The van der Waals surface area contributed by atoms with Crippen molar-refractivity contribution in [1.29, 1.82) is 0 Å². The molecule has 0 amide bonds. The molecule has 0 radical (unpaired) electrons. The van der Waals surface area contributed by atoms with Crippen LogP contribution in [0.2, 0.25) is 0 Å². The second-order valence-corrected chi connectivity index (χ2v) is 19.1. The van der Waals surface area contributed by atoms with Gasteiger partial charge in [-0.05, 0) is 136 Å². The highest BCUT2D eigenvalue weighted by Crippen LogP contribution is 2.34. The third-order valence-electron chi connectivity index (χ3n) is 3.18. The zero-order valence-corrected chi connectivity index (χ0v) is 27.6.